The molecule has 1 aromatic carbocycles. The highest BCUT2D eigenvalue weighted by Crippen LogP contribution is 2.32. The number of aryl methyl sites for hydroxylation is 1. The van der Waals surface area contributed by atoms with Gasteiger partial charge in [-0.1, -0.05) is 6.07 Å². The molecule has 0 saturated carbocycles. The Labute approximate surface area is 88.9 Å². The summed E-state index contributed by atoms with van der Waals surface area (Å²) < 4.78 is 19.2. The Kier molecular flexibility index (Phi) is 2.37. The molecule has 1 aromatic heterocycles. The molecule has 4 heteroatoms. The van der Waals surface area contributed by atoms with Crippen molar-refractivity contribution in [1.82, 2.24) is 4.98 Å². The number of hydrogen-bond acceptors (Lipinski definition) is 2. The van der Waals surface area contributed by atoms with Gasteiger partial charge in [0.1, 0.15) is 5.82 Å². The van der Waals surface area contributed by atoms with Crippen LogP contribution in [0.4, 0.5) is 4.39 Å². The molecule has 0 fully saturated rings. The molecule has 0 bridgehead atoms. The average molecular weight is 256 g/mol. The van der Waals surface area contributed by atoms with Crippen molar-refractivity contribution in [2.24, 2.45) is 0 Å². The first-order chi connectivity index (χ1) is 6.70. The van der Waals surface area contributed by atoms with Crippen molar-refractivity contribution in [2.45, 2.75) is 6.92 Å². The van der Waals surface area contributed by atoms with Gasteiger partial charge in [-0.2, -0.15) is 0 Å². The van der Waals surface area contributed by atoms with Crippen LogP contribution < -0.4 is 0 Å². The molecule has 0 saturated heterocycles. The molecule has 1 heterocycles. The van der Waals surface area contributed by atoms with Crippen molar-refractivity contribution in [3.8, 4) is 11.3 Å². The van der Waals surface area contributed by atoms with E-state index in [2.05, 4.69) is 20.9 Å². The highest BCUT2D eigenvalue weighted by atomic mass is 79.9. The van der Waals surface area contributed by atoms with Crippen molar-refractivity contribution in [1.29, 1.82) is 0 Å². The van der Waals surface area contributed by atoms with Gasteiger partial charge in [-0.3, -0.25) is 0 Å². The molecule has 2 aromatic rings. The van der Waals surface area contributed by atoms with Gasteiger partial charge >= 0.3 is 0 Å². The number of oxazole rings is 1. The first-order valence-corrected chi connectivity index (χ1v) is 4.83. The third-order valence-electron chi connectivity index (χ3n) is 1.96. The van der Waals surface area contributed by atoms with Gasteiger partial charge in [0, 0.05) is 4.47 Å². The summed E-state index contributed by atoms with van der Waals surface area (Å²) in [4.78, 5) is 3.76. The standard InChI is InChI=1S/C10H7BrFNO/c1-6-2-3-7(12)9(10(6)11)8-4-13-5-14-8/h2-5H,1H3. The van der Waals surface area contributed by atoms with E-state index in [0.29, 0.717) is 15.8 Å². The van der Waals surface area contributed by atoms with Gasteiger partial charge in [-0.25, -0.2) is 9.37 Å². The molecule has 72 valence electrons. The minimum Gasteiger partial charge on any atom is -0.443 e. The molecule has 2 rings (SSSR count). The molecule has 0 aliphatic heterocycles. The largest absolute Gasteiger partial charge is 0.443 e. The second-order valence-corrected chi connectivity index (χ2v) is 3.71. The van der Waals surface area contributed by atoms with E-state index in [1.165, 1.54) is 18.7 Å². The van der Waals surface area contributed by atoms with E-state index >= 15 is 0 Å². The first-order valence-electron chi connectivity index (χ1n) is 4.03. The molecule has 14 heavy (non-hydrogen) atoms. The predicted molar refractivity (Wildman–Crippen MR) is 54.3 cm³/mol. The van der Waals surface area contributed by atoms with Crippen LogP contribution in [0.1, 0.15) is 5.56 Å². The minimum atomic E-state index is -0.320. The summed E-state index contributed by atoms with van der Waals surface area (Å²) in [6.45, 7) is 1.89. The maximum atomic E-state index is 13.5. The third kappa shape index (κ3) is 1.46. The SMILES string of the molecule is Cc1ccc(F)c(-c2cnco2)c1Br. The van der Waals surface area contributed by atoms with Crippen molar-refractivity contribution in [2.75, 3.05) is 0 Å². The normalized spacial score (nSPS) is 10.5. The Bertz CT molecular complexity index is 453. The molecule has 0 amide bonds. The highest BCUT2D eigenvalue weighted by molar-refractivity contribution is 9.10. The monoisotopic (exact) mass is 255 g/mol. The third-order valence-corrected chi connectivity index (χ3v) is 2.98. The Morgan fingerprint density at radius 1 is 1.43 bits per heavy atom. The van der Waals surface area contributed by atoms with Crippen LogP contribution in [0.15, 0.2) is 33.6 Å². The summed E-state index contributed by atoms with van der Waals surface area (Å²) in [5.74, 6) is 0.109. The van der Waals surface area contributed by atoms with E-state index in [1.807, 2.05) is 6.92 Å². The highest BCUT2D eigenvalue weighted by Gasteiger charge is 2.13. The van der Waals surface area contributed by atoms with Crippen molar-refractivity contribution < 1.29 is 8.81 Å². The molecule has 0 N–H and O–H groups in total. The van der Waals surface area contributed by atoms with Crippen molar-refractivity contribution in [3.63, 3.8) is 0 Å². The van der Waals surface area contributed by atoms with Gasteiger partial charge in [0.25, 0.3) is 0 Å². The zero-order valence-corrected chi connectivity index (χ0v) is 9.01. The summed E-state index contributed by atoms with van der Waals surface area (Å²) in [5, 5.41) is 0. The number of rotatable bonds is 1. The molecular weight excluding hydrogens is 249 g/mol. The predicted octanol–water partition coefficient (Wildman–Crippen LogP) is 3.55. The van der Waals surface area contributed by atoms with E-state index in [1.54, 1.807) is 6.07 Å². The van der Waals surface area contributed by atoms with Crippen LogP contribution >= 0.6 is 15.9 Å². The van der Waals surface area contributed by atoms with Gasteiger partial charge in [0.15, 0.2) is 12.2 Å². The topological polar surface area (TPSA) is 26.0 Å². The van der Waals surface area contributed by atoms with Gasteiger partial charge in [0.2, 0.25) is 0 Å². The van der Waals surface area contributed by atoms with Crippen LogP contribution in [0.25, 0.3) is 11.3 Å². The number of hydrogen-bond donors (Lipinski definition) is 0. The summed E-state index contributed by atoms with van der Waals surface area (Å²) >= 11 is 3.32. The molecule has 0 unspecified atom stereocenters. The van der Waals surface area contributed by atoms with E-state index in [-0.39, 0.29) is 5.82 Å². The Balaban J connectivity index is 2.69. The molecule has 0 atom stereocenters. The fraction of sp³-hybridized carbons (Fsp3) is 0.100. The van der Waals surface area contributed by atoms with Crippen molar-refractivity contribution >= 4 is 15.9 Å². The van der Waals surface area contributed by atoms with E-state index in [4.69, 9.17) is 4.42 Å². The lowest BCUT2D eigenvalue weighted by atomic mass is 10.1. The van der Waals surface area contributed by atoms with Crippen LogP contribution in [-0.4, -0.2) is 4.98 Å². The smallest absolute Gasteiger partial charge is 0.181 e. The summed E-state index contributed by atoms with van der Waals surface area (Å²) in [5.41, 5.74) is 1.38. The second kappa shape index (κ2) is 3.53. The minimum absolute atomic E-state index is 0.320. The van der Waals surface area contributed by atoms with Crippen LogP contribution in [0.5, 0.6) is 0 Å². The van der Waals surface area contributed by atoms with E-state index < -0.39 is 0 Å². The average Bonchev–Trinajstić information content (AvgIpc) is 2.65. The maximum Gasteiger partial charge on any atom is 0.181 e. The van der Waals surface area contributed by atoms with Gasteiger partial charge in [-0.15, -0.1) is 0 Å². The van der Waals surface area contributed by atoms with Gasteiger partial charge < -0.3 is 4.42 Å². The molecule has 0 spiro atoms. The fourth-order valence-corrected chi connectivity index (χ4v) is 1.74. The summed E-state index contributed by atoms with van der Waals surface area (Å²) in [6.07, 6.45) is 2.77. The Morgan fingerprint density at radius 2 is 2.21 bits per heavy atom. The summed E-state index contributed by atoms with van der Waals surface area (Å²) in [6, 6.07) is 3.12. The second-order valence-electron chi connectivity index (χ2n) is 2.92. The summed E-state index contributed by atoms with van der Waals surface area (Å²) in [7, 11) is 0. The lowest BCUT2D eigenvalue weighted by Crippen LogP contribution is -1.87. The van der Waals surface area contributed by atoms with Crippen molar-refractivity contribution in [3.05, 3.63) is 40.6 Å². The fourth-order valence-electron chi connectivity index (χ4n) is 1.22. The molecule has 0 aliphatic rings. The van der Waals surface area contributed by atoms with Gasteiger partial charge in [0.05, 0.1) is 11.8 Å². The van der Waals surface area contributed by atoms with E-state index in [9.17, 15) is 4.39 Å². The molecule has 2 nitrogen and oxygen atoms in total. The zero-order chi connectivity index (χ0) is 10.1. The lowest BCUT2D eigenvalue weighted by molar-refractivity contribution is 0.560. The molecule has 0 aliphatic carbocycles. The number of benzene rings is 1. The first kappa shape index (κ1) is 9.40. The van der Waals surface area contributed by atoms with Crippen LogP contribution in [0.3, 0.4) is 0 Å². The maximum absolute atomic E-state index is 13.5. The zero-order valence-electron chi connectivity index (χ0n) is 7.42. The van der Waals surface area contributed by atoms with Gasteiger partial charge in [-0.05, 0) is 34.5 Å². The lowest BCUT2D eigenvalue weighted by Gasteiger charge is -2.04. The Hall–Kier alpha value is -1.16. The molecular formula is C10H7BrFNO. The molecule has 0 radical (unpaired) electrons. The number of halogens is 2. The Morgan fingerprint density at radius 3 is 2.86 bits per heavy atom. The number of aromatic nitrogens is 1. The van der Waals surface area contributed by atoms with Crippen LogP contribution in [0, 0.1) is 12.7 Å². The quantitative estimate of drug-likeness (QED) is 0.779. The van der Waals surface area contributed by atoms with Crippen LogP contribution in [-0.2, 0) is 0 Å². The number of nitrogens with zero attached hydrogens (tertiary/aromatic N) is 1. The van der Waals surface area contributed by atoms with E-state index in [0.717, 1.165) is 5.56 Å². The van der Waals surface area contributed by atoms with Crippen LogP contribution in [0.2, 0.25) is 0 Å².